The van der Waals surface area contributed by atoms with Crippen LogP contribution < -0.4 is 11.5 Å². The number of azo groups is 1. The fourth-order valence-electron chi connectivity index (χ4n) is 2.67. The molecule has 6 N–H and O–H groups in total. The Labute approximate surface area is 231 Å². The van der Waals surface area contributed by atoms with E-state index in [4.69, 9.17) is 32.2 Å². The minimum absolute atomic E-state index is 0.0389. The quantitative estimate of drug-likeness (QED) is 0.313. The number of carboxylic acids is 2. The third kappa shape index (κ3) is 13.3. The fourth-order valence-corrected chi connectivity index (χ4v) is 2.67. The van der Waals surface area contributed by atoms with Gasteiger partial charge in [-0.1, -0.05) is 0 Å². The van der Waals surface area contributed by atoms with Gasteiger partial charge < -0.3 is 21.7 Å². The molecule has 212 valence electrons. The molecule has 0 aliphatic heterocycles. The van der Waals surface area contributed by atoms with Crippen LogP contribution in [0.15, 0.2) is 46.9 Å². The van der Waals surface area contributed by atoms with Crippen molar-refractivity contribution in [3.05, 3.63) is 59.2 Å². The van der Waals surface area contributed by atoms with E-state index in [9.17, 15) is 19.2 Å². The monoisotopic (exact) mass is 552 g/mol. The fraction of sp³-hybridized carbons (Fsp3) is 0.385. The molecule has 0 fully saturated rings. The standard InChI is InChI=1S/C12H16N4O4.2C7H8N2O/c1-11(7-13,5-3-9(17)18)15-16-12(2,8-14)6-4-10(19)20;2*1-5-6(7(8)10)3-2-4-9-5/h3-6H2,1-2H3,(H,17,18)(H,19,20);2*2-4H,1H3,(H2,8,10). The lowest BCUT2D eigenvalue weighted by Crippen LogP contribution is -2.25. The van der Waals surface area contributed by atoms with E-state index < -0.39 is 34.8 Å². The van der Waals surface area contributed by atoms with Gasteiger partial charge in [0.2, 0.25) is 0 Å². The number of pyridine rings is 2. The van der Waals surface area contributed by atoms with Crippen LogP contribution in [-0.4, -0.2) is 55.0 Å². The smallest absolute Gasteiger partial charge is 0.303 e. The third-order valence-electron chi connectivity index (χ3n) is 5.17. The van der Waals surface area contributed by atoms with Crippen molar-refractivity contribution in [1.29, 1.82) is 10.5 Å². The zero-order valence-electron chi connectivity index (χ0n) is 22.7. The van der Waals surface area contributed by atoms with Crippen LogP contribution in [0.1, 0.15) is 71.6 Å². The number of nitriles is 2. The number of hydrogen-bond acceptors (Lipinski definition) is 10. The SMILES string of the molecule is CC(C#N)(CCC(=O)O)N=NC(C)(C#N)CCC(=O)O.Cc1ncccc1C(N)=O.Cc1ncccc1C(N)=O. The number of carbonyl (C=O) groups excluding carboxylic acids is 2. The Morgan fingerprint density at radius 2 is 1.12 bits per heavy atom. The van der Waals surface area contributed by atoms with Crippen molar-refractivity contribution >= 4 is 23.8 Å². The first-order valence-corrected chi connectivity index (χ1v) is 11.7. The van der Waals surface area contributed by atoms with Gasteiger partial charge in [-0.3, -0.25) is 29.1 Å². The van der Waals surface area contributed by atoms with Gasteiger partial charge in [-0.05, 0) is 64.8 Å². The first-order valence-electron chi connectivity index (χ1n) is 11.7. The number of aryl methyl sites for hydroxylation is 2. The van der Waals surface area contributed by atoms with Crippen molar-refractivity contribution in [2.45, 2.75) is 64.5 Å². The summed E-state index contributed by atoms with van der Waals surface area (Å²) >= 11 is 0. The molecule has 14 nitrogen and oxygen atoms in total. The van der Waals surface area contributed by atoms with Crippen LogP contribution in [0.4, 0.5) is 0 Å². The molecule has 0 aliphatic rings. The van der Waals surface area contributed by atoms with E-state index >= 15 is 0 Å². The normalized spacial score (nSPS) is 12.9. The number of hydrogen-bond donors (Lipinski definition) is 4. The van der Waals surface area contributed by atoms with Gasteiger partial charge in [0.25, 0.3) is 11.8 Å². The Morgan fingerprint density at radius 3 is 1.32 bits per heavy atom. The maximum Gasteiger partial charge on any atom is 0.303 e. The van der Waals surface area contributed by atoms with Crippen molar-refractivity contribution in [2.24, 2.45) is 21.7 Å². The van der Waals surface area contributed by atoms with Gasteiger partial charge in [-0.15, -0.1) is 0 Å². The summed E-state index contributed by atoms with van der Waals surface area (Å²) in [6, 6.07) is 10.4. The van der Waals surface area contributed by atoms with Gasteiger partial charge in [0.15, 0.2) is 11.1 Å². The van der Waals surface area contributed by atoms with E-state index in [1.165, 1.54) is 13.8 Å². The largest absolute Gasteiger partial charge is 0.481 e. The number of primary amides is 2. The minimum Gasteiger partial charge on any atom is -0.481 e. The topological polar surface area (TPSA) is 259 Å². The maximum absolute atomic E-state index is 10.6. The molecule has 0 saturated carbocycles. The van der Waals surface area contributed by atoms with Crippen LogP contribution in [0.5, 0.6) is 0 Å². The number of rotatable bonds is 10. The second kappa shape index (κ2) is 16.6. The number of carbonyl (C=O) groups is 4. The summed E-state index contributed by atoms with van der Waals surface area (Å²) in [5.41, 5.74) is 9.71. The summed E-state index contributed by atoms with van der Waals surface area (Å²) in [5.74, 6) is -2.97. The number of aliphatic carboxylic acids is 2. The van der Waals surface area contributed by atoms with Crippen LogP contribution in [0, 0.1) is 36.5 Å². The van der Waals surface area contributed by atoms with Gasteiger partial charge in [0, 0.05) is 36.6 Å². The molecule has 2 heterocycles. The lowest BCUT2D eigenvalue weighted by molar-refractivity contribution is -0.138. The molecule has 2 aromatic heterocycles. The second-order valence-electron chi connectivity index (χ2n) is 8.76. The van der Waals surface area contributed by atoms with Gasteiger partial charge in [0.1, 0.15) is 0 Å². The Balaban J connectivity index is 0.000000630. The summed E-state index contributed by atoms with van der Waals surface area (Å²) in [4.78, 5) is 50.0. The number of carboxylic acid groups (broad SMARTS) is 2. The van der Waals surface area contributed by atoms with Crippen LogP contribution in [0.25, 0.3) is 0 Å². The van der Waals surface area contributed by atoms with Crippen molar-refractivity contribution in [2.75, 3.05) is 0 Å². The Hall–Kier alpha value is -5.24. The highest BCUT2D eigenvalue weighted by atomic mass is 16.4. The highest BCUT2D eigenvalue weighted by molar-refractivity contribution is 5.94. The second-order valence-corrected chi connectivity index (χ2v) is 8.76. The summed E-state index contributed by atoms with van der Waals surface area (Å²) in [6.07, 6.45) is 2.68. The molecule has 0 bridgehead atoms. The van der Waals surface area contributed by atoms with E-state index in [1.807, 2.05) is 12.1 Å². The van der Waals surface area contributed by atoms with Gasteiger partial charge in [-0.2, -0.15) is 20.8 Å². The third-order valence-corrected chi connectivity index (χ3v) is 5.17. The van der Waals surface area contributed by atoms with Crippen LogP contribution in [0.3, 0.4) is 0 Å². The summed E-state index contributed by atoms with van der Waals surface area (Å²) in [6.45, 7) is 6.32. The molecule has 14 heteroatoms. The minimum atomic E-state index is -1.35. The Morgan fingerprint density at radius 1 is 0.800 bits per heavy atom. The molecule has 0 saturated heterocycles. The molecule has 0 aromatic carbocycles. The average molecular weight is 553 g/mol. The molecule has 2 aromatic rings. The average Bonchev–Trinajstić information content (AvgIpc) is 2.90. The predicted molar refractivity (Wildman–Crippen MR) is 142 cm³/mol. The first kappa shape index (κ1) is 34.8. The molecule has 0 spiro atoms. The van der Waals surface area contributed by atoms with Gasteiger partial charge in [-0.25, -0.2) is 0 Å². The van der Waals surface area contributed by atoms with Crippen LogP contribution in [-0.2, 0) is 9.59 Å². The van der Waals surface area contributed by atoms with Crippen molar-refractivity contribution in [3.8, 4) is 12.1 Å². The number of nitrogens with zero attached hydrogens (tertiary/aromatic N) is 6. The van der Waals surface area contributed by atoms with Gasteiger partial charge in [0.05, 0.1) is 23.3 Å². The summed E-state index contributed by atoms with van der Waals surface area (Å²) < 4.78 is 0. The van der Waals surface area contributed by atoms with Crippen LogP contribution in [0.2, 0.25) is 0 Å². The van der Waals surface area contributed by atoms with Crippen molar-refractivity contribution < 1.29 is 29.4 Å². The molecular formula is C26H32N8O6. The van der Waals surface area contributed by atoms with E-state index in [-0.39, 0.29) is 25.7 Å². The van der Waals surface area contributed by atoms with Crippen molar-refractivity contribution in [3.63, 3.8) is 0 Å². The predicted octanol–water partition coefficient (Wildman–Crippen LogP) is 2.71. The van der Waals surface area contributed by atoms with E-state index in [2.05, 4.69) is 20.2 Å². The first-order chi connectivity index (χ1) is 18.6. The molecular weight excluding hydrogens is 520 g/mol. The molecule has 2 unspecified atom stereocenters. The Kier molecular flexibility index (Phi) is 14.4. The van der Waals surface area contributed by atoms with E-state index in [1.54, 1.807) is 50.5 Å². The van der Waals surface area contributed by atoms with Gasteiger partial charge >= 0.3 is 11.9 Å². The highest BCUT2D eigenvalue weighted by Gasteiger charge is 2.29. The Bertz CT molecular complexity index is 1220. The maximum atomic E-state index is 10.6. The molecule has 40 heavy (non-hydrogen) atoms. The summed E-state index contributed by atoms with van der Waals surface area (Å²) in [7, 11) is 0. The molecule has 0 radical (unpaired) electrons. The zero-order chi connectivity index (χ0) is 30.9. The highest BCUT2D eigenvalue weighted by Crippen LogP contribution is 2.23. The lowest BCUT2D eigenvalue weighted by Gasteiger charge is -2.18. The molecule has 0 aliphatic carbocycles. The number of nitrogens with two attached hydrogens (primary N) is 2. The molecule has 2 rings (SSSR count). The summed E-state index contributed by atoms with van der Waals surface area (Å²) in [5, 5.41) is 42.7. The van der Waals surface area contributed by atoms with Crippen molar-refractivity contribution in [1.82, 2.24) is 9.97 Å². The number of aromatic nitrogens is 2. The molecule has 2 amide bonds. The number of amides is 2. The van der Waals surface area contributed by atoms with E-state index in [0.29, 0.717) is 22.5 Å². The lowest BCUT2D eigenvalue weighted by atomic mass is 9.97. The molecule has 2 atom stereocenters. The zero-order valence-corrected chi connectivity index (χ0v) is 22.7. The van der Waals surface area contributed by atoms with Crippen LogP contribution >= 0.6 is 0 Å². The van der Waals surface area contributed by atoms with E-state index in [0.717, 1.165) is 0 Å².